The first-order valence-corrected chi connectivity index (χ1v) is 8.57. The van der Waals surface area contributed by atoms with Crippen LogP contribution < -0.4 is 9.88 Å². The Hall–Kier alpha value is -2.51. The smallest absolute Gasteiger partial charge is 0.332 e. The van der Waals surface area contributed by atoms with Crippen molar-refractivity contribution in [3.63, 3.8) is 0 Å². The van der Waals surface area contributed by atoms with Gasteiger partial charge in [0.1, 0.15) is 0 Å². The zero-order chi connectivity index (χ0) is 16.9. The second-order valence-corrected chi connectivity index (χ2v) is 6.61. The van der Waals surface area contributed by atoms with Gasteiger partial charge in [0.05, 0.1) is 28.4 Å². The third-order valence-corrected chi connectivity index (χ3v) is 4.37. The van der Waals surface area contributed by atoms with Crippen molar-refractivity contribution in [2.24, 2.45) is 0 Å². The maximum Gasteiger partial charge on any atom is 0.332 e. The minimum atomic E-state index is -0.392. The molecule has 3 rings (SSSR count). The number of rotatable bonds is 4. The third kappa shape index (κ3) is 3.87. The molecule has 7 heteroatoms. The van der Waals surface area contributed by atoms with Gasteiger partial charge in [0.15, 0.2) is 3.95 Å². The number of nitrogens with zero attached hydrogens (tertiary/aromatic N) is 2. The first kappa shape index (κ1) is 16.4. The van der Waals surface area contributed by atoms with E-state index in [2.05, 4.69) is 10.1 Å². The predicted molar refractivity (Wildman–Crippen MR) is 97.0 cm³/mol. The van der Waals surface area contributed by atoms with Crippen molar-refractivity contribution in [3.05, 3.63) is 62.1 Å². The number of para-hydroxylation sites is 1. The second kappa shape index (κ2) is 7.37. The van der Waals surface area contributed by atoms with Crippen LogP contribution in [0.15, 0.2) is 42.7 Å². The Morgan fingerprint density at radius 2 is 2.21 bits per heavy atom. The molecule has 0 aliphatic carbocycles. The van der Waals surface area contributed by atoms with Crippen LogP contribution in [0.1, 0.15) is 12.5 Å². The highest BCUT2D eigenvalue weighted by Gasteiger charge is 2.01. The molecule has 0 radical (unpaired) electrons. The Morgan fingerprint density at radius 3 is 2.96 bits per heavy atom. The number of aromatic amines is 1. The number of thiazole rings is 1. The summed E-state index contributed by atoms with van der Waals surface area (Å²) >= 11 is 6.59. The van der Waals surface area contributed by atoms with Gasteiger partial charge >= 0.3 is 5.97 Å². The van der Waals surface area contributed by atoms with Gasteiger partial charge in [-0.3, -0.25) is 0 Å². The third-order valence-electron chi connectivity index (χ3n) is 3.17. The Morgan fingerprint density at radius 1 is 1.42 bits per heavy atom. The van der Waals surface area contributed by atoms with Gasteiger partial charge in [0, 0.05) is 17.8 Å². The number of carbonyl (C=O) groups excluding carboxylic acids is 1. The molecule has 0 amide bonds. The first-order chi connectivity index (χ1) is 11.7. The number of esters is 1. The molecule has 1 aromatic carbocycles. The average Bonchev–Trinajstić information content (AvgIpc) is 3.16. The molecule has 2 heterocycles. The first-order valence-electron chi connectivity index (χ1n) is 7.35. The normalized spacial score (nSPS) is 12.5. The van der Waals surface area contributed by atoms with Crippen molar-refractivity contribution in [2.75, 3.05) is 6.61 Å². The van der Waals surface area contributed by atoms with E-state index in [-0.39, 0.29) is 0 Å². The van der Waals surface area contributed by atoms with Crippen molar-refractivity contribution in [3.8, 4) is 5.69 Å². The molecule has 0 unspecified atom stereocenters. The Labute approximate surface area is 147 Å². The van der Waals surface area contributed by atoms with Crippen LogP contribution in [0, 0.1) is 3.95 Å². The minimum absolute atomic E-state index is 0.336. The number of nitrogens with one attached hydrogen (secondary N) is 1. The van der Waals surface area contributed by atoms with Crippen LogP contribution in [0.2, 0.25) is 0 Å². The predicted octanol–water partition coefficient (Wildman–Crippen LogP) is 2.16. The molecule has 0 aliphatic heterocycles. The molecule has 24 heavy (non-hydrogen) atoms. The zero-order valence-corrected chi connectivity index (χ0v) is 14.6. The summed E-state index contributed by atoms with van der Waals surface area (Å²) in [5.74, 6) is -0.392. The molecule has 1 N–H and O–H groups in total. The number of benzene rings is 1. The molecule has 0 saturated heterocycles. The van der Waals surface area contributed by atoms with E-state index in [1.165, 1.54) is 17.4 Å². The summed E-state index contributed by atoms with van der Waals surface area (Å²) in [7, 11) is 0. The van der Waals surface area contributed by atoms with E-state index in [1.807, 2.05) is 42.6 Å². The molecule has 0 spiro atoms. The average molecular weight is 357 g/mol. The maximum absolute atomic E-state index is 11.7. The lowest BCUT2D eigenvalue weighted by Gasteiger charge is -1.98. The highest BCUT2D eigenvalue weighted by molar-refractivity contribution is 7.73. The largest absolute Gasteiger partial charge is 0.463 e. The number of ether oxygens (including phenoxy) is 1. The maximum atomic E-state index is 11.7. The highest BCUT2D eigenvalue weighted by atomic mass is 32.1. The van der Waals surface area contributed by atoms with Gasteiger partial charge in [0.2, 0.25) is 0 Å². The standard InChI is InChI=1S/C17H15N3O2S2/c1-2-22-16(21)9-14-15(24-17(23)19-14)8-12-10-18-20(11-12)13-6-4-3-5-7-13/h3-11H,2H2,1H3,(H,19,23)/b14-9-,15-8-. The van der Waals surface area contributed by atoms with Crippen molar-refractivity contribution >= 4 is 41.7 Å². The molecule has 0 fully saturated rings. The van der Waals surface area contributed by atoms with E-state index < -0.39 is 5.97 Å². The molecule has 122 valence electrons. The van der Waals surface area contributed by atoms with Gasteiger partial charge < -0.3 is 9.72 Å². The summed E-state index contributed by atoms with van der Waals surface area (Å²) in [4.78, 5) is 14.7. The summed E-state index contributed by atoms with van der Waals surface area (Å²) in [5, 5.41) is 5.01. The highest BCUT2D eigenvalue weighted by Crippen LogP contribution is 2.08. The molecule has 5 nitrogen and oxygen atoms in total. The van der Waals surface area contributed by atoms with Crippen LogP contribution in [0.25, 0.3) is 17.8 Å². The fourth-order valence-corrected chi connectivity index (χ4v) is 3.31. The fraction of sp³-hybridized carbons (Fsp3) is 0.118. The van der Waals surface area contributed by atoms with Crippen molar-refractivity contribution in [1.29, 1.82) is 0 Å². The summed E-state index contributed by atoms with van der Waals surface area (Å²) in [6, 6.07) is 9.85. The molecular weight excluding hydrogens is 342 g/mol. The van der Waals surface area contributed by atoms with E-state index in [4.69, 9.17) is 17.0 Å². The van der Waals surface area contributed by atoms with E-state index in [0.29, 0.717) is 15.9 Å². The van der Waals surface area contributed by atoms with Gasteiger partial charge in [-0.25, -0.2) is 9.48 Å². The number of hydrogen-bond donors (Lipinski definition) is 1. The molecule has 0 bridgehead atoms. The Kier molecular flexibility index (Phi) is 5.02. The summed E-state index contributed by atoms with van der Waals surface area (Å²) < 4.78 is 8.21. The molecule has 0 saturated carbocycles. The number of aromatic nitrogens is 3. The van der Waals surface area contributed by atoms with E-state index in [0.717, 1.165) is 15.8 Å². The van der Waals surface area contributed by atoms with Crippen molar-refractivity contribution < 1.29 is 9.53 Å². The van der Waals surface area contributed by atoms with E-state index in [1.54, 1.807) is 17.8 Å². The van der Waals surface area contributed by atoms with Crippen LogP contribution in [0.3, 0.4) is 0 Å². The number of carbonyl (C=O) groups is 1. The quantitative estimate of drug-likeness (QED) is 0.574. The van der Waals surface area contributed by atoms with Gasteiger partial charge in [-0.15, -0.1) is 11.3 Å². The Balaban J connectivity index is 2.00. The van der Waals surface area contributed by atoms with Crippen LogP contribution in [0.5, 0.6) is 0 Å². The lowest BCUT2D eigenvalue weighted by molar-refractivity contribution is -0.135. The molecule has 0 atom stereocenters. The topological polar surface area (TPSA) is 59.9 Å². The monoisotopic (exact) mass is 357 g/mol. The minimum Gasteiger partial charge on any atom is -0.463 e. The summed E-state index contributed by atoms with van der Waals surface area (Å²) in [6.45, 7) is 2.11. The van der Waals surface area contributed by atoms with Crippen LogP contribution in [-0.2, 0) is 9.53 Å². The fourth-order valence-electron chi connectivity index (χ4n) is 2.15. The zero-order valence-electron chi connectivity index (χ0n) is 12.9. The molecular formula is C17H15N3O2S2. The van der Waals surface area contributed by atoms with Gasteiger partial charge in [-0.2, -0.15) is 5.10 Å². The van der Waals surface area contributed by atoms with E-state index >= 15 is 0 Å². The summed E-state index contributed by atoms with van der Waals surface area (Å²) in [5.41, 5.74) is 1.90. The van der Waals surface area contributed by atoms with Gasteiger partial charge in [-0.1, -0.05) is 18.2 Å². The Bertz CT molecular complexity index is 1020. The van der Waals surface area contributed by atoms with Crippen LogP contribution in [-0.4, -0.2) is 27.3 Å². The number of hydrogen-bond acceptors (Lipinski definition) is 5. The summed E-state index contributed by atoms with van der Waals surface area (Å²) in [6.07, 6.45) is 7.05. The lowest BCUT2D eigenvalue weighted by Crippen LogP contribution is -2.23. The molecule has 0 aliphatic rings. The SMILES string of the molecule is CCOC(=O)/C=c1\[nH]c(=S)s\c1=C/c1cnn(-c2ccccc2)c1. The molecule has 3 aromatic rings. The van der Waals surface area contributed by atoms with Gasteiger partial charge in [-0.05, 0) is 37.4 Å². The van der Waals surface area contributed by atoms with E-state index in [9.17, 15) is 4.79 Å². The van der Waals surface area contributed by atoms with Crippen LogP contribution in [0.4, 0.5) is 0 Å². The van der Waals surface area contributed by atoms with Crippen LogP contribution >= 0.6 is 23.6 Å². The van der Waals surface area contributed by atoms with Crippen molar-refractivity contribution in [1.82, 2.24) is 14.8 Å². The van der Waals surface area contributed by atoms with Gasteiger partial charge in [0.25, 0.3) is 0 Å². The second-order valence-electron chi connectivity index (χ2n) is 4.89. The van der Waals surface area contributed by atoms with Crippen molar-refractivity contribution in [2.45, 2.75) is 6.92 Å². The molecule has 2 aromatic heterocycles. The lowest BCUT2D eigenvalue weighted by atomic mass is 10.3. The number of H-pyrrole nitrogens is 1.